The monoisotopic (exact) mass is 1080 g/mol. The molecule has 0 spiro atoms. The smallest absolute Gasteiger partial charge is 0.306 e. The van der Waals surface area contributed by atoms with Gasteiger partial charge in [0.05, 0.1) is 6.61 Å². The van der Waals surface area contributed by atoms with Gasteiger partial charge in [-0.05, 0) is 103 Å². The van der Waals surface area contributed by atoms with E-state index in [-0.39, 0.29) is 25.2 Å². The Morgan fingerprint density at radius 3 is 0.833 bits per heavy atom. The molecule has 0 rings (SSSR count). The number of carbonyl (C=O) groups is 2. The number of aliphatic hydroxyl groups is 1. The van der Waals surface area contributed by atoms with Crippen molar-refractivity contribution in [3.8, 4) is 0 Å². The van der Waals surface area contributed by atoms with Crippen molar-refractivity contribution in [1.29, 1.82) is 0 Å². The van der Waals surface area contributed by atoms with Crippen LogP contribution in [0.1, 0.15) is 322 Å². The van der Waals surface area contributed by atoms with Crippen LogP contribution in [0.2, 0.25) is 0 Å². The van der Waals surface area contributed by atoms with Gasteiger partial charge in [-0.15, -0.1) is 0 Å². The molecule has 0 fully saturated rings. The minimum absolute atomic E-state index is 0.0688. The van der Waals surface area contributed by atoms with E-state index in [9.17, 15) is 14.7 Å². The van der Waals surface area contributed by atoms with E-state index < -0.39 is 6.10 Å². The largest absolute Gasteiger partial charge is 0.462 e. The van der Waals surface area contributed by atoms with Gasteiger partial charge >= 0.3 is 11.9 Å². The van der Waals surface area contributed by atoms with E-state index in [0.717, 1.165) is 89.9 Å². The number of esters is 2. The predicted molar refractivity (Wildman–Crippen MR) is 343 cm³/mol. The Kier molecular flexibility index (Phi) is 64.8. The van der Waals surface area contributed by atoms with Crippen molar-refractivity contribution < 1.29 is 24.2 Å². The van der Waals surface area contributed by atoms with E-state index in [4.69, 9.17) is 9.47 Å². The molecule has 1 N–H and O–H groups in total. The van der Waals surface area contributed by atoms with Crippen molar-refractivity contribution >= 4 is 11.9 Å². The lowest BCUT2D eigenvalue weighted by atomic mass is 10.0. The second-order valence-corrected chi connectivity index (χ2v) is 22.2. The number of rotatable bonds is 61. The van der Waals surface area contributed by atoms with Gasteiger partial charge in [0.25, 0.3) is 0 Å². The summed E-state index contributed by atoms with van der Waals surface area (Å²) in [5, 5.41) is 9.70. The Hall–Kier alpha value is -3.44. The highest BCUT2D eigenvalue weighted by molar-refractivity contribution is 5.70. The molecule has 0 heterocycles. The molecule has 1 atom stereocenters. The SMILES string of the molecule is CC/C=C\C/C=C\C/C=C\C/C=C\C/C=C\C/C=C\C/C=C\CCCCCCCCCCCCCC(=O)OC(CO)COC(=O)CCCCCCCCCCCCCCCCCCCCC/C=C\C/C=C\CCCCCCC. The minimum atomic E-state index is -0.780. The topological polar surface area (TPSA) is 72.8 Å². The Labute approximate surface area is 484 Å². The van der Waals surface area contributed by atoms with Crippen molar-refractivity contribution in [2.75, 3.05) is 13.2 Å². The van der Waals surface area contributed by atoms with Crippen molar-refractivity contribution in [2.45, 2.75) is 328 Å². The van der Waals surface area contributed by atoms with E-state index in [1.807, 2.05) is 0 Å². The zero-order chi connectivity index (χ0) is 56.2. The quantitative estimate of drug-likeness (QED) is 0.0373. The maximum Gasteiger partial charge on any atom is 0.306 e. The first-order chi connectivity index (χ1) is 38.6. The van der Waals surface area contributed by atoms with Gasteiger partial charge < -0.3 is 14.6 Å². The molecule has 1 unspecified atom stereocenters. The van der Waals surface area contributed by atoms with Crippen LogP contribution in [0.5, 0.6) is 0 Å². The van der Waals surface area contributed by atoms with Crippen LogP contribution in [-0.2, 0) is 19.1 Å². The number of carbonyl (C=O) groups excluding carboxylic acids is 2. The van der Waals surface area contributed by atoms with Crippen LogP contribution in [-0.4, -0.2) is 36.4 Å². The van der Waals surface area contributed by atoms with Crippen molar-refractivity contribution in [3.63, 3.8) is 0 Å². The number of hydrogen-bond acceptors (Lipinski definition) is 5. The summed E-state index contributed by atoms with van der Waals surface area (Å²) in [6, 6.07) is 0. The average Bonchev–Trinajstić information content (AvgIpc) is 3.44. The second kappa shape index (κ2) is 67.8. The highest BCUT2D eigenvalue weighted by Gasteiger charge is 2.16. The molecule has 5 heteroatoms. The van der Waals surface area contributed by atoms with E-state index in [1.54, 1.807) is 0 Å². The molecule has 0 aromatic carbocycles. The Balaban J connectivity index is 3.48. The standard InChI is InChI=1S/C73H126O5/c1-3-5-7-9-11-13-15-17-19-21-23-25-27-29-31-33-35-36-38-40-42-44-46-48-50-52-54-56-58-60-62-64-66-68-73(76)78-71(69-74)70-77-72(75)67-65-63-61-59-57-55-53-51-49-47-45-43-41-39-37-34-32-30-28-26-24-22-20-18-16-14-12-10-8-6-4-2/h5,7,11,13,16-19,22-25,29,31,35-36,40,42,71,74H,3-4,6,8-10,12,14-15,20-21,26-28,30,32-34,37-39,41,43-70H2,1-2H3/b7-5-,13-11-,18-16-,19-17-,24-22-,25-23-,31-29-,36-35-,42-40-. The van der Waals surface area contributed by atoms with Crippen LogP contribution in [0, 0.1) is 0 Å². The van der Waals surface area contributed by atoms with Gasteiger partial charge in [0.15, 0.2) is 6.10 Å². The molecule has 0 saturated carbocycles. The Morgan fingerprint density at radius 2 is 0.551 bits per heavy atom. The number of unbranched alkanes of at least 4 members (excludes halogenated alkanes) is 35. The van der Waals surface area contributed by atoms with Gasteiger partial charge in [-0.1, -0.05) is 316 Å². The lowest BCUT2D eigenvalue weighted by Gasteiger charge is -2.15. The van der Waals surface area contributed by atoms with Crippen LogP contribution >= 0.6 is 0 Å². The highest BCUT2D eigenvalue weighted by Crippen LogP contribution is 2.17. The molecule has 0 aliphatic rings. The van der Waals surface area contributed by atoms with Crippen LogP contribution in [0.3, 0.4) is 0 Å². The normalized spacial score (nSPS) is 12.9. The lowest BCUT2D eigenvalue weighted by Crippen LogP contribution is -2.28. The molecule has 0 aromatic heterocycles. The summed E-state index contributed by atoms with van der Waals surface area (Å²) in [6.45, 7) is 4.04. The maximum absolute atomic E-state index is 12.4. The van der Waals surface area contributed by atoms with E-state index in [2.05, 4.69) is 123 Å². The summed E-state index contributed by atoms with van der Waals surface area (Å²) >= 11 is 0. The van der Waals surface area contributed by atoms with Crippen molar-refractivity contribution in [2.24, 2.45) is 0 Å². The minimum Gasteiger partial charge on any atom is -0.462 e. The van der Waals surface area contributed by atoms with Crippen LogP contribution < -0.4 is 0 Å². The van der Waals surface area contributed by atoms with Gasteiger partial charge in [-0.3, -0.25) is 9.59 Å². The van der Waals surface area contributed by atoms with Crippen LogP contribution in [0.15, 0.2) is 109 Å². The lowest BCUT2D eigenvalue weighted by molar-refractivity contribution is -0.161. The van der Waals surface area contributed by atoms with Gasteiger partial charge in [-0.25, -0.2) is 0 Å². The van der Waals surface area contributed by atoms with E-state index in [1.165, 1.54) is 205 Å². The molecule has 0 aromatic rings. The van der Waals surface area contributed by atoms with Gasteiger partial charge in [0.1, 0.15) is 6.61 Å². The second-order valence-electron chi connectivity index (χ2n) is 22.2. The third-order valence-corrected chi connectivity index (χ3v) is 14.6. The molecular formula is C73H126O5. The van der Waals surface area contributed by atoms with Crippen LogP contribution in [0.4, 0.5) is 0 Å². The molecule has 0 aliphatic carbocycles. The van der Waals surface area contributed by atoms with Crippen LogP contribution in [0.25, 0.3) is 0 Å². The number of ether oxygens (including phenoxy) is 2. The Morgan fingerprint density at radius 1 is 0.308 bits per heavy atom. The molecule has 0 saturated heterocycles. The fourth-order valence-electron chi connectivity index (χ4n) is 9.57. The summed E-state index contributed by atoms with van der Waals surface area (Å²) in [5.74, 6) is -0.586. The first kappa shape index (κ1) is 74.6. The number of aliphatic hydroxyl groups excluding tert-OH is 1. The van der Waals surface area contributed by atoms with Gasteiger partial charge in [0, 0.05) is 12.8 Å². The molecule has 448 valence electrons. The van der Waals surface area contributed by atoms with Gasteiger partial charge in [-0.2, -0.15) is 0 Å². The molecule has 0 radical (unpaired) electrons. The molecule has 5 nitrogen and oxygen atoms in total. The average molecular weight is 1080 g/mol. The Bertz CT molecular complexity index is 1510. The molecular weight excluding hydrogens is 957 g/mol. The highest BCUT2D eigenvalue weighted by atomic mass is 16.6. The third kappa shape index (κ3) is 65.1. The summed E-state index contributed by atoms with van der Waals surface area (Å²) in [6.07, 6.45) is 98.1. The third-order valence-electron chi connectivity index (χ3n) is 14.6. The fourth-order valence-corrected chi connectivity index (χ4v) is 9.57. The van der Waals surface area contributed by atoms with Crippen molar-refractivity contribution in [3.05, 3.63) is 109 Å². The van der Waals surface area contributed by atoms with E-state index >= 15 is 0 Å². The zero-order valence-corrected chi connectivity index (χ0v) is 51.4. The number of allylic oxidation sites excluding steroid dienone is 18. The summed E-state index contributed by atoms with van der Waals surface area (Å²) in [7, 11) is 0. The summed E-state index contributed by atoms with van der Waals surface area (Å²) in [5.41, 5.74) is 0. The predicted octanol–water partition coefficient (Wildman–Crippen LogP) is 23.2. The first-order valence-corrected chi connectivity index (χ1v) is 33.4. The molecule has 0 aliphatic heterocycles. The maximum atomic E-state index is 12.4. The summed E-state index contributed by atoms with van der Waals surface area (Å²) in [4.78, 5) is 24.6. The molecule has 78 heavy (non-hydrogen) atoms. The number of hydrogen-bond donors (Lipinski definition) is 1. The molecule has 0 bridgehead atoms. The van der Waals surface area contributed by atoms with Crippen molar-refractivity contribution in [1.82, 2.24) is 0 Å². The van der Waals surface area contributed by atoms with E-state index in [0.29, 0.717) is 12.8 Å². The first-order valence-electron chi connectivity index (χ1n) is 33.4. The fraction of sp³-hybridized carbons (Fsp3) is 0.726. The zero-order valence-electron chi connectivity index (χ0n) is 51.4. The molecule has 0 amide bonds. The van der Waals surface area contributed by atoms with Gasteiger partial charge in [0.2, 0.25) is 0 Å². The summed E-state index contributed by atoms with van der Waals surface area (Å²) < 4.78 is 10.8.